The van der Waals surface area contributed by atoms with E-state index in [0.29, 0.717) is 25.1 Å². The van der Waals surface area contributed by atoms with Crippen molar-refractivity contribution in [1.29, 1.82) is 0 Å². The smallest absolute Gasteiger partial charge is 0.406 e. The fourth-order valence-corrected chi connectivity index (χ4v) is 4.14. The van der Waals surface area contributed by atoms with E-state index in [1.165, 1.54) is 7.11 Å². The van der Waals surface area contributed by atoms with E-state index in [9.17, 15) is 9.90 Å². The van der Waals surface area contributed by atoms with E-state index in [4.69, 9.17) is 4.74 Å². The second-order valence-electron chi connectivity index (χ2n) is 7.85. The molecule has 0 spiro atoms. The van der Waals surface area contributed by atoms with Crippen molar-refractivity contribution >= 4 is 6.09 Å². The molecular formula is C24H32N2O4. The second-order valence-corrected chi connectivity index (χ2v) is 7.85. The van der Waals surface area contributed by atoms with Crippen LogP contribution in [0, 0.1) is 12.8 Å². The molecule has 2 aromatic rings. The van der Waals surface area contributed by atoms with Crippen molar-refractivity contribution in [1.82, 2.24) is 10.6 Å². The van der Waals surface area contributed by atoms with Gasteiger partial charge in [0.05, 0.1) is 12.7 Å². The normalized spacial score (nSPS) is 18.3. The van der Waals surface area contributed by atoms with E-state index in [1.54, 1.807) is 0 Å². The summed E-state index contributed by atoms with van der Waals surface area (Å²) in [5, 5.41) is 18.1. The van der Waals surface area contributed by atoms with Crippen LogP contribution in [-0.4, -0.2) is 37.9 Å². The summed E-state index contributed by atoms with van der Waals surface area (Å²) in [5.74, 6) is 1.51. The minimum absolute atomic E-state index is 0.0611. The molecule has 1 amide bonds. The zero-order valence-corrected chi connectivity index (χ0v) is 17.8. The molecule has 2 aromatic carbocycles. The molecule has 1 unspecified atom stereocenters. The van der Waals surface area contributed by atoms with Crippen LogP contribution in [0.2, 0.25) is 0 Å². The average Bonchev–Trinajstić information content (AvgIpc) is 2.79. The third kappa shape index (κ3) is 5.32. The molecule has 1 aliphatic rings. The number of aliphatic hydroxyl groups is 1. The summed E-state index contributed by atoms with van der Waals surface area (Å²) in [6.45, 7) is 4.17. The van der Waals surface area contributed by atoms with Crippen LogP contribution in [0.5, 0.6) is 11.5 Å². The van der Waals surface area contributed by atoms with Crippen LogP contribution in [0.3, 0.4) is 0 Å². The Bertz CT molecular complexity index is 835. The summed E-state index contributed by atoms with van der Waals surface area (Å²) in [4.78, 5) is 11.4. The minimum Gasteiger partial charge on any atom is -0.457 e. The summed E-state index contributed by atoms with van der Waals surface area (Å²) in [6.07, 6.45) is 2.64. The highest BCUT2D eigenvalue weighted by Crippen LogP contribution is 2.43. The predicted molar refractivity (Wildman–Crippen MR) is 117 cm³/mol. The number of aryl methyl sites for hydroxylation is 1. The van der Waals surface area contributed by atoms with Crippen molar-refractivity contribution in [3.63, 3.8) is 0 Å². The number of carbonyl (C=O) groups excluding carboxylic acids is 1. The van der Waals surface area contributed by atoms with Gasteiger partial charge >= 0.3 is 6.09 Å². The Morgan fingerprint density at radius 2 is 1.93 bits per heavy atom. The summed E-state index contributed by atoms with van der Waals surface area (Å²) in [5.41, 5.74) is 0.766. The first kappa shape index (κ1) is 22.1. The monoisotopic (exact) mass is 412 g/mol. The third-order valence-corrected chi connectivity index (χ3v) is 5.83. The van der Waals surface area contributed by atoms with E-state index in [2.05, 4.69) is 15.4 Å². The molecule has 0 aliphatic carbocycles. The molecule has 3 rings (SSSR count). The Kier molecular flexibility index (Phi) is 7.71. The van der Waals surface area contributed by atoms with Gasteiger partial charge in [0.25, 0.3) is 0 Å². The van der Waals surface area contributed by atoms with Gasteiger partial charge in [0.2, 0.25) is 0 Å². The van der Waals surface area contributed by atoms with Crippen molar-refractivity contribution < 1.29 is 19.4 Å². The molecule has 30 heavy (non-hydrogen) atoms. The van der Waals surface area contributed by atoms with Gasteiger partial charge in [-0.15, -0.1) is 0 Å². The lowest BCUT2D eigenvalue weighted by atomic mass is 9.74. The minimum atomic E-state index is -1.06. The first-order chi connectivity index (χ1) is 14.5. The van der Waals surface area contributed by atoms with Gasteiger partial charge in [-0.05, 0) is 56.8 Å². The maximum absolute atomic E-state index is 12.0. The van der Waals surface area contributed by atoms with Crippen LogP contribution in [0.15, 0.2) is 48.5 Å². The van der Waals surface area contributed by atoms with Crippen molar-refractivity contribution in [2.24, 2.45) is 5.92 Å². The van der Waals surface area contributed by atoms with E-state index < -0.39 is 11.7 Å². The Balaban J connectivity index is 1.87. The molecule has 6 nitrogen and oxygen atoms in total. The SMILES string of the molecule is COC(=O)NCCCC(O)(c1ccccc1Oc1ccccc1C)[C@@H]1CCCNC1. The van der Waals surface area contributed by atoms with Gasteiger partial charge in [0, 0.05) is 24.6 Å². The average molecular weight is 413 g/mol. The molecular weight excluding hydrogens is 380 g/mol. The lowest BCUT2D eigenvalue weighted by Crippen LogP contribution is -2.45. The summed E-state index contributed by atoms with van der Waals surface area (Å²) in [6, 6.07) is 15.6. The van der Waals surface area contributed by atoms with E-state index in [1.807, 2.05) is 55.5 Å². The zero-order valence-electron chi connectivity index (χ0n) is 17.8. The molecule has 162 valence electrons. The van der Waals surface area contributed by atoms with E-state index >= 15 is 0 Å². The van der Waals surface area contributed by atoms with Crippen LogP contribution >= 0.6 is 0 Å². The van der Waals surface area contributed by atoms with Crippen molar-refractivity contribution in [2.75, 3.05) is 26.7 Å². The van der Waals surface area contributed by atoms with Crippen LogP contribution in [0.4, 0.5) is 4.79 Å². The van der Waals surface area contributed by atoms with Gasteiger partial charge in [-0.2, -0.15) is 0 Å². The van der Waals surface area contributed by atoms with Crippen LogP contribution in [-0.2, 0) is 10.3 Å². The highest BCUT2D eigenvalue weighted by atomic mass is 16.5. The Morgan fingerprint density at radius 3 is 2.63 bits per heavy atom. The Hall–Kier alpha value is -2.57. The predicted octanol–water partition coefficient (Wildman–Crippen LogP) is 4.11. The second kappa shape index (κ2) is 10.5. The topological polar surface area (TPSA) is 79.8 Å². The van der Waals surface area contributed by atoms with Gasteiger partial charge in [-0.3, -0.25) is 0 Å². The van der Waals surface area contributed by atoms with Crippen LogP contribution in [0.25, 0.3) is 0 Å². The van der Waals surface area contributed by atoms with Crippen molar-refractivity contribution in [2.45, 2.75) is 38.2 Å². The van der Waals surface area contributed by atoms with Crippen molar-refractivity contribution in [3.8, 4) is 11.5 Å². The van der Waals surface area contributed by atoms with E-state index in [0.717, 1.165) is 42.8 Å². The van der Waals surface area contributed by atoms with Gasteiger partial charge in [0.15, 0.2) is 0 Å². The summed E-state index contributed by atoms with van der Waals surface area (Å²) < 4.78 is 10.9. The number of benzene rings is 2. The number of alkyl carbamates (subject to hydrolysis) is 1. The Labute approximate surface area is 178 Å². The van der Waals surface area contributed by atoms with Gasteiger partial charge < -0.3 is 25.2 Å². The maximum Gasteiger partial charge on any atom is 0.406 e. The molecule has 0 saturated carbocycles. The summed E-state index contributed by atoms with van der Waals surface area (Å²) in [7, 11) is 1.35. The largest absolute Gasteiger partial charge is 0.457 e. The van der Waals surface area contributed by atoms with Crippen molar-refractivity contribution in [3.05, 3.63) is 59.7 Å². The molecule has 0 aromatic heterocycles. The van der Waals surface area contributed by atoms with Gasteiger partial charge in [-0.1, -0.05) is 36.4 Å². The maximum atomic E-state index is 12.0. The van der Waals surface area contributed by atoms with Gasteiger partial charge in [0.1, 0.15) is 11.5 Å². The standard InChI is InChI=1S/C24H32N2O4/c1-18-9-3-5-12-21(18)30-22-13-6-4-11-20(22)24(28,19-10-7-15-25-17-19)14-8-16-26-23(27)29-2/h3-6,9,11-13,19,25,28H,7-8,10,14-17H2,1-2H3,(H,26,27)/t19-,24?/m1/s1. The fraction of sp³-hybridized carbons (Fsp3) is 0.458. The summed E-state index contributed by atoms with van der Waals surface area (Å²) >= 11 is 0. The molecule has 1 aliphatic heterocycles. The number of rotatable bonds is 8. The molecule has 0 radical (unpaired) electrons. The number of hydrogen-bond acceptors (Lipinski definition) is 5. The molecule has 6 heteroatoms. The molecule has 1 heterocycles. The molecule has 0 bridgehead atoms. The lowest BCUT2D eigenvalue weighted by Gasteiger charge is -2.40. The molecule has 3 N–H and O–H groups in total. The molecule has 1 fully saturated rings. The number of ether oxygens (including phenoxy) is 2. The van der Waals surface area contributed by atoms with E-state index in [-0.39, 0.29) is 5.92 Å². The van der Waals surface area contributed by atoms with Crippen LogP contribution < -0.4 is 15.4 Å². The number of methoxy groups -OCH3 is 1. The number of hydrogen-bond donors (Lipinski definition) is 3. The highest BCUT2D eigenvalue weighted by Gasteiger charge is 2.40. The quantitative estimate of drug-likeness (QED) is 0.569. The first-order valence-corrected chi connectivity index (χ1v) is 10.6. The first-order valence-electron chi connectivity index (χ1n) is 10.6. The number of piperidine rings is 1. The Morgan fingerprint density at radius 1 is 1.20 bits per heavy atom. The number of carbonyl (C=O) groups is 1. The molecule has 1 saturated heterocycles. The lowest BCUT2D eigenvalue weighted by molar-refractivity contribution is -0.0433. The number of nitrogens with one attached hydrogen (secondary N) is 2. The number of para-hydroxylation sites is 2. The third-order valence-electron chi connectivity index (χ3n) is 5.83. The fourth-order valence-electron chi connectivity index (χ4n) is 4.14. The van der Waals surface area contributed by atoms with Gasteiger partial charge in [-0.25, -0.2) is 4.79 Å². The highest BCUT2D eigenvalue weighted by molar-refractivity contribution is 5.66. The molecule has 2 atom stereocenters. The van der Waals surface area contributed by atoms with Crippen LogP contribution in [0.1, 0.15) is 36.8 Å². The number of amides is 1. The zero-order chi connectivity index (χ0) is 21.4.